The van der Waals surface area contributed by atoms with E-state index in [2.05, 4.69) is 27.5 Å². The molecule has 2 heterocycles. The normalized spacial score (nSPS) is 19.0. The molecule has 0 aromatic heterocycles. The molecular weight excluding hydrogens is 395 g/mol. The number of benzene rings is 1. The number of rotatable bonds is 6. The van der Waals surface area contributed by atoms with E-state index < -0.39 is 11.7 Å². The van der Waals surface area contributed by atoms with Crippen LogP contribution in [0.25, 0.3) is 5.70 Å². The van der Waals surface area contributed by atoms with Crippen LogP contribution in [-0.4, -0.2) is 49.9 Å². The van der Waals surface area contributed by atoms with Gasteiger partial charge in [-0.25, -0.2) is 0 Å². The Kier molecular flexibility index (Phi) is 8.46. The maximum absolute atomic E-state index is 13.5. The molecule has 0 radical (unpaired) electrons. The predicted octanol–water partition coefficient (Wildman–Crippen LogP) is 3.65. The molecule has 0 spiro atoms. The van der Waals surface area contributed by atoms with Gasteiger partial charge in [-0.3, -0.25) is 15.3 Å². The fourth-order valence-electron chi connectivity index (χ4n) is 3.40. The van der Waals surface area contributed by atoms with Crippen LogP contribution in [0.1, 0.15) is 30.4 Å². The lowest BCUT2D eigenvalue weighted by molar-refractivity contribution is -0.138. The molecule has 1 saturated heterocycles. The Morgan fingerprint density at radius 3 is 2.77 bits per heavy atom. The number of alkyl halides is 3. The first-order valence-electron chi connectivity index (χ1n) is 9.69. The molecule has 30 heavy (non-hydrogen) atoms. The third kappa shape index (κ3) is 6.09. The monoisotopic (exact) mass is 423 g/mol. The molecule has 4 N–H and O–H groups in total. The number of nitrogens with one attached hydrogen (secondary N) is 2. The van der Waals surface area contributed by atoms with E-state index in [1.807, 2.05) is 13.1 Å². The van der Waals surface area contributed by atoms with Crippen molar-refractivity contribution in [3.63, 3.8) is 0 Å². The number of hydrogen-bond donors (Lipinski definition) is 3. The van der Waals surface area contributed by atoms with Crippen molar-refractivity contribution < 1.29 is 17.9 Å². The molecule has 1 aromatic rings. The molecule has 1 aromatic carbocycles. The summed E-state index contributed by atoms with van der Waals surface area (Å²) in [5, 5.41) is 9.10. The molecule has 1 atom stereocenters. The predicted molar refractivity (Wildman–Crippen MR) is 114 cm³/mol. The first-order valence-corrected chi connectivity index (χ1v) is 9.69. The van der Waals surface area contributed by atoms with Crippen LogP contribution in [-0.2, 0) is 6.18 Å². The molecule has 2 aliphatic heterocycles. The van der Waals surface area contributed by atoms with Crippen LogP contribution in [0.3, 0.4) is 0 Å². The van der Waals surface area contributed by atoms with Gasteiger partial charge >= 0.3 is 6.18 Å². The minimum Gasteiger partial charge on any atom is -0.493 e. The van der Waals surface area contributed by atoms with Gasteiger partial charge in [0, 0.05) is 5.70 Å². The van der Waals surface area contributed by atoms with Crippen molar-refractivity contribution in [2.24, 2.45) is 10.7 Å². The number of nitrogens with two attached hydrogens (primary N) is 1. The summed E-state index contributed by atoms with van der Waals surface area (Å²) in [6.45, 7) is 5.17. The Hall–Kier alpha value is -2.81. The van der Waals surface area contributed by atoms with Crippen molar-refractivity contribution in [1.29, 1.82) is 5.41 Å². The molecule has 6 nitrogen and oxygen atoms in total. The highest BCUT2D eigenvalue weighted by Crippen LogP contribution is 2.38. The zero-order chi connectivity index (χ0) is 22.1. The fourth-order valence-corrected chi connectivity index (χ4v) is 3.40. The summed E-state index contributed by atoms with van der Waals surface area (Å²) >= 11 is 0. The second-order valence-corrected chi connectivity index (χ2v) is 6.91. The van der Waals surface area contributed by atoms with Gasteiger partial charge in [-0.2, -0.15) is 13.2 Å². The summed E-state index contributed by atoms with van der Waals surface area (Å²) in [5.74, 6) is 0.668. The Labute approximate surface area is 174 Å². The summed E-state index contributed by atoms with van der Waals surface area (Å²) in [5.41, 5.74) is 4.75. The third-order valence-electron chi connectivity index (χ3n) is 4.83. The summed E-state index contributed by atoms with van der Waals surface area (Å²) in [4.78, 5) is 6.72. The van der Waals surface area contributed by atoms with E-state index in [9.17, 15) is 13.2 Å². The zero-order valence-corrected chi connectivity index (χ0v) is 17.0. The second kappa shape index (κ2) is 10.8. The standard InChI is InChI=1S/C20H24F3N3O.CH4N2/c1-3-4-12-27-18-8-7-14(13-15(18)20(21,22)23)16-9-10-24-19(25-16)17-6-5-11-26(17)2;2-1-3/h3,7-9,13,17H,1,4-6,10-12H2,2H3,(H,24,25);1H,(H3,2,3). The van der Waals surface area contributed by atoms with Gasteiger partial charge in [-0.05, 0) is 62.7 Å². The maximum atomic E-state index is 13.5. The lowest BCUT2D eigenvalue weighted by atomic mass is 10.0. The smallest absolute Gasteiger partial charge is 0.419 e. The molecule has 0 aliphatic carbocycles. The fraction of sp³-hybridized carbons (Fsp3) is 0.429. The number of aliphatic imine (C=N–C) groups is 1. The van der Waals surface area contributed by atoms with Gasteiger partial charge in [-0.1, -0.05) is 6.08 Å². The van der Waals surface area contributed by atoms with Crippen molar-refractivity contribution in [2.45, 2.75) is 31.5 Å². The van der Waals surface area contributed by atoms with Gasteiger partial charge < -0.3 is 15.8 Å². The first kappa shape index (κ1) is 23.5. The van der Waals surface area contributed by atoms with Gasteiger partial charge in [0.2, 0.25) is 0 Å². The van der Waals surface area contributed by atoms with Gasteiger partial charge in [0.05, 0.1) is 31.1 Å². The number of amidine groups is 1. The number of likely N-dealkylation sites (N-methyl/N-ethyl adjacent to an activating group) is 1. The van der Waals surface area contributed by atoms with E-state index >= 15 is 0 Å². The highest BCUT2D eigenvalue weighted by atomic mass is 19.4. The zero-order valence-electron chi connectivity index (χ0n) is 17.0. The lowest BCUT2D eigenvalue weighted by Gasteiger charge is -2.26. The first-order chi connectivity index (χ1) is 14.3. The van der Waals surface area contributed by atoms with E-state index in [1.54, 1.807) is 12.1 Å². The Bertz CT molecular complexity index is 804. The van der Waals surface area contributed by atoms with Crippen molar-refractivity contribution in [1.82, 2.24) is 10.2 Å². The van der Waals surface area contributed by atoms with E-state index in [4.69, 9.17) is 10.1 Å². The van der Waals surface area contributed by atoms with Gasteiger partial charge in [-0.15, -0.1) is 6.58 Å². The van der Waals surface area contributed by atoms with Crippen LogP contribution >= 0.6 is 0 Å². The Morgan fingerprint density at radius 2 is 2.17 bits per heavy atom. The number of likely N-dealkylation sites (tertiary alicyclic amines) is 1. The average Bonchev–Trinajstić information content (AvgIpc) is 3.14. The van der Waals surface area contributed by atoms with Gasteiger partial charge in [0.1, 0.15) is 11.6 Å². The minimum atomic E-state index is -4.49. The largest absolute Gasteiger partial charge is 0.493 e. The van der Waals surface area contributed by atoms with Crippen LogP contribution < -0.4 is 15.8 Å². The molecular formula is C21H28F3N5O. The third-order valence-corrected chi connectivity index (χ3v) is 4.83. The molecule has 0 saturated carbocycles. The van der Waals surface area contributed by atoms with Crippen LogP contribution in [0.15, 0.2) is 41.9 Å². The van der Waals surface area contributed by atoms with Gasteiger partial charge in [0.15, 0.2) is 0 Å². The molecule has 164 valence electrons. The van der Waals surface area contributed by atoms with E-state index in [0.29, 0.717) is 24.2 Å². The Morgan fingerprint density at radius 1 is 1.43 bits per heavy atom. The highest BCUT2D eigenvalue weighted by Gasteiger charge is 2.35. The quantitative estimate of drug-likeness (QED) is 0.282. The minimum absolute atomic E-state index is 0.158. The van der Waals surface area contributed by atoms with Crippen LogP contribution in [0.5, 0.6) is 5.75 Å². The average molecular weight is 423 g/mol. The van der Waals surface area contributed by atoms with Crippen LogP contribution in [0, 0.1) is 5.41 Å². The van der Waals surface area contributed by atoms with E-state index in [1.165, 1.54) is 6.07 Å². The van der Waals surface area contributed by atoms with Crippen molar-refractivity contribution in [3.05, 3.63) is 48.1 Å². The molecule has 0 amide bonds. The molecule has 3 rings (SSSR count). The number of ether oxygens (including phenoxy) is 1. The van der Waals surface area contributed by atoms with Crippen LogP contribution in [0.4, 0.5) is 13.2 Å². The summed E-state index contributed by atoms with van der Waals surface area (Å²) in [6, 6.07) is 4.37. The second-order valence-electron chi connectivity index (χ2n) is 6.91. The summed E-state index contributed by atoms with van der Waals surface area (Å²) in [6.07, 6.45) is 2.26. The van der Waals surface area contributed by atoms with Crippen molar-refractivity contribution in [3.8, 4) is 5.75 Å². The van der Waals surface area contributed by atoms with Gasteiger partial charge in [0.25, 0.3) is 0 Å². The lowest BCUT2D eigenvalue weighted by Crippen LogP contribution is -2.42. The molecule has 1 unspecified atom stereocenters. The number of nitrogens with zero attached hydrogens (tertiary/aromatic N) is 2. The molecule has 9 heteroatoms. The summed E-state index contributed by atoms with van der Waals surface area (Å²) < 4.78 is 45.8. The molecule has 1 fully saturated rings. The highest BCUT2D eigenvalue weighted by molar-refractivity contribution is 5.96. The number of hydrogen-bond acceptors (Lipinski definition) is 5. The molecule has 2 aliphatic rings. The van der Waals surface area contributed by atoms with Crippen LogP contribution in [0.2, 0.25) is 0 Å². The SMILES string of the molecule is C=CCCOc1ccc(C2=CCN=C(C3CCCN3C)N2)cc1C(F)(F)F.N=CN. The molecule has 0 bridgehead atoms. The number of halogens is 3. The maximum Gasteiger partial charge on any atom is 0.419 e. The Balaban J connectivity index is 0.00000101. The topological polar surface area (TPSA) is 86.7 Å². The van der Waals surface area contributed by atoms with Crippen molar-refractivity contribution in [2.75, 3.05) is 26.7 Å². The van der Waals surface area contributed by atoms with E-state index in [-0.39, 0.29) is 18.4 Å². The van der Waals surface area contributed by atoms with E-state index in [0.717, 1.165) is 37.6 Å². The van der Waals surface area contributed by atoms with Crippen molar-refractivity contribution >= 4 is 17.9 Å². The summed E-state index contributed by atoms with van der Waals surface area (Å²) in [7, 11) is 2.04.